The van der Waals surface area contributed by atoms with E-state index in [1.165, 1.54) is 6.07 Å². The molecule has 21 heavy (non-hydrogen) atoms. The zero-order valence-corrected chi connectivity index (χ0v) is 11.8. The highest BCUT2D eigenvalue weighted by Gasteiger charge is 2.30. The number of nitrogens with one attached hydrogen (secondary N) is 1. The fourth-order valence-electron chi connectivity index (χ4n) is 1.97. The first kappa shape index (κ1) is 15.2. The SMILES string of the molecule is CN(C)c1ccncc1NCc1cccc(C(F)(F)F)c1. The molecule has 1 aromatic carbocycles. The van der Waals surface area contributed by atoms with Gasteiger partial charge in [0.15, 0.2) is 0 Å². The fourth-order valence-corrected chi connectivity index (χ4v) is 1.97. The maximum atomic E-state index is 12.7. The molecule has 0 spiro atoms. The van der Waals surface area contributed by atoms with E-state index in [2.05, 4.69) is 10.3 Å². The molecule has 2 aromatic rings. The first-order valence-electron chi connectivity index (χ1n) is 6.39. The molecule has 0 saturated heterocycles. The lowest BCUT2D eigenvalue weighted by Gasteiger charge is -2.18. The summed E-state index contributed by atoms with van der Waals surface area (Å²) in [6, 6.07) is 7.13. The van der Waals surface area contributed by atoms with Gasteiger partial charge in [-0.2, -0.15) is 13.2 Å². The van der Waals surface area contributed by atoms with Gasteiger partial charge < -0.3 is 10.2 Å². The summed E-state index contributed by atoms with van der Waals surface area (Å²) in [7, 11) is 3.79. The summed E-state index contributed by atoms with van der Waals surface area (Å²) >= 11 is 0. The molecule has 1 N–H and O–H groups in total. The van der Waals surface area contributed by atoms with Crippen LogP contribution in [0.25, 0.3) is 0 Å². The summed E-state index contributed by atoms with van der Waals surface area (Å²) in [6.45, 7) is 0.302. The van der Waals surface area contributed by atoms with E-state index < -0.39 is 11.7 Å². The van der Waals surface area contributed by atoms with E-state index in [1.54, 1.807) is 18.5 Å². The number of halogens is 3. The monoisotopic (exact) mass is 295 g/mol. The topological polar surface area (TPSA) is 28.2 Å². The minimum absolute atomic E-state index is 0.302. The Morgan fingerprint density at radius 2 is 1.95 bits per heavy atom. The van der Waals surface area contributed by atoms with Crippen LogP contribution in [0.4, 0.5) is 24.5 Å². The van der Waals surface area contributed by atoms with Gasteiger partial charge in [0.2, 0.25) is 0 Å². The van der Waals surface area contributed by atoms with Crippen LogP contribution in [-0.4, -0.2) is 19.1 Å². The van der Waals surface area contributed by atoms with Gasteiger partial charge in [-0.1, -0.05) is 12.1 Å². The summed E-state index contributed by atoms with van der Waals surface area (Å²) < 4.78 is 38.0. The van der Waals surface area contributed by atoms with E-state index in [0.717, 1.165) is 23.5 Å². The van der Waals surface area contributed by atoms with E-state index in [0.29, 0.717) is 12.1 Å². The van der Waals surface area contributed by atoms with E-state index in [1.807, 2.05) is 25.1 Å². The number of alkyl halides is 3. The van der Waals surface area contributed by atoms with Gasteiger partial charge in [-0.05, 0) is 23.8 Å². The standard InChI is InChI=1S/C15H16F3N3/c1-21(2)14-6-7-19-10-13(14)20-9-11-4-3-5-12(8-11)15(16,17)18/h3-8,10,20H,9H2,1-2H3. The second kappa shape index (κ2) is 6.03. The Labute approximate surface area is 121 Å². The second-order valence-electron chi connectivity index (χ2n) is 4.84. The zero-order valence-electron chi connectivity index (χ0n) is 11.8. The molecule has 0 unspecified atom stereocenters. The van der Waals surface area contributed by atoms with Crippen molar-refractivity contribution in [3.8, 4) is 0 Å². The Morgan fingerprint density at radius 1 is 1.19 bits per heavy atom. The van der Waals surface area contributed by atoms with Gasteiger partial charge in [-0.15, -0.1) is 0 Å². The lowest BCUT2D eigenvalue weighted by atomic mass is 10.1. The van der Waals surface area contributed by atoms with Crippen LogP contribution >= 0.6 is 0 Å². The number of rotatable bonds is 4. The van der Waals surface area contributed by atoms with Crippen molar-refractivity contribution < 1.29 is 13.2 Å². The van der Waals surface area contributed by atoms with Gasteiger partial charge >= 0.3 is 6.18 Å². The predicted octanol–water partition coefficient (Wildman–Crippen LogP) is 3.78. The van der Waals surface area contributed by atoms with E-state index >= 15 is 0 Å². The van der Waals surface area contributed by atoms with Crippen LogP contribution in [0.3, 0.4) is 0 Å². The molecule has 0 atom stereocenters. The number of benzene rings is 1. The third-order valence-corrected chi connectivity index (χ3v) is 3.02. The highest BCUT2D eigenvalue weighted by atomic mass is 19.4. The smallest absolute Gasteiger partial charge is 0.378 e. The number of anilines is 2. The Hall–Kier alpha value is -2.24. The average Bonchev–Trinajstić information content (AvgIpc) is 2.45. The number of hydrogen-bond acceptors (Lipinski definition) is 3. The van der Waals surface area contributed by atoms with Gasteiger partial charge in [0, 0.05) is 26.8 Å². The Bertz CT molecular complexity index is 609. The molecule has 0 bridgehead atoms. The number of nitrogens with zero attached hydrogens (tertiary/aromatic N) is 2. The van der Waals surface area contributed by atoms with Crippen molar-refractivity contribution in [1.82, 2.24) is 4.98 Å². The summed E-state index contributed by atoms with van der Waals surface area (Å²) in [5.74, 6) is 0. The van der Waals surface area contributed by atoms with Crippen LogP contribution in [0.5, 0.6) is 0 Å². The number of pyridine rings is 1. The maximum Gasteiger partial charge on any atom is 0.416 e. The van der Waals surface area contributed by atoms with Crippen molar-refractivity contribution in [3.63, 3.8) is 0 Å². The van der Waals surface area contributed by atoms with Crippen LogP contribution in [0.1, 0.15) is 11.1 Å². The van der Waals surface area contributed by atoms with Crippen LogP contribution < -0.4 is 10.2 Å². The number of aromatic nitrogens is 1. The van der Waals surface area contributed by atoms with Gasteiger partial charge in [-0.3, -0.25) is 4.98 Å². The molecule has 1 heterocycles. The van der Waals surface area contributed by atoms with Crippen molar-refractivity contribution in [2.24, 2.45) is 0 Å². The highest BCUT2D eigenvalue weighted by Crippen LogP contribution is 2.30. The molecule has 2 rings (SSSR count). The molecule has 0 aliphatic heterocycles. The molecular formula is C15H16F3N3. The third kappa shape index (κ3) is 3.87. The second-order valence-corrected chi connectivity index (χ2v) is 4.84. The van der Waals surface area contributed by atoms with Crippen molar-refractivity contribution in [1.29, 1.82) is 0 Å². The minimum atomic E-state index is -4.32. The van der Waals surface area contributed by atoms with E-state index in [4.69, 9.17) is 0 Å². The molecule has 0 saturated carbocycles. The van der Waals surface area contributed by atoms with Crippen LogP contribution in [0, 0.1) is 0 Å². The summed E-state index contributed by atoms with van der Waals surface area (Å²) in [4.78, 5) is 5.94. The van der Waals surface area contributed by atoms with Gasteiger partial charge in [0.05, 0.1) is 23.1 Å². The predicted molar refractivity (Wildman–Crippen MR) is 77.3 cm³/mol. The first-order chi connectivity index (χ1) is 9.88. The Balaban J connectivity index is 2.14. The van der Waals surface area contributed by atoms with Gasteiger partial charge in [0.1, 0.15) is 0 Å². The van der Waals surface area contributed by atoms with Crippen molar-refractivity contribution in [2.45, 2.75) is 12.7 Å². The normalized spacial score (nSPS) is 11.3. The highest BCUT2D eigenvalue weighted by molar-refractivity contribution is 5.68. The van der Waals surface area contributed by atoms with Crippen molar-refractivity contribution in [2.75, 3.05) is 24.3 Å². The molecule has 0 radical (unpaired) electrons. The zero-order chi connectivity index (χ0) is 15.5. The number of hydrogen-bond donors (Lipinski definition) is 1. The van der Waals surface area contributed by atoms with Crippen LogP contribution in [-0.2, 0) is 12.7 Å². The van der Waals surface area contributed by atoms with E-state index in [-0.39, 0.29) is 0 Å². The molecule has 0 fully saturated rings. The molecule has 0 amide bonds. The molecule has 3 nitrogen and oxygen atoms in total. The molecule has 1 aromatic heterocycles. The Kier molecular flexibility index (Phi) is 4.35. The van der Waals surface area contributed by atoms with E-state index in [9.17, 15) is 13.2 Å². The summed E-state index contributed by atoms with van der Waals surface area (Å²) in [6.07, 6.45) is -0.993. The summed E-state index contributed by atoms with van der Waals surface area (Å²) in [5.41, 5.74) is 1.64. The fraction of sp³-hybridized carbons (Fsp3) is 0.267. The third-order valence-electron chi connectivity index (χ3n) is 3.02. The maximum absolute atomic E-state index is 12.7. The lowest BCUT2D eigenvalue weighted by Crippen LogP contribution is -2.12. The molecular weight excluding hydrogens is 279 g/mol. The quantitative estimate of drug-likeness (QED) is 0.930. The summed E-state index contributed by atoms with van der Waals surface area (Å²) in [5, 5.41) is 3.12. The van der Waals surface area contributed by atoms with Gasteiger partial charge in [-0.25, -0.2) is 0 Å². The average molecular weight is 295 g/mol. The molecule has 112 valence electrons. The van der Waals surface area contributed by atoms with Gasteiger partial charge in [0.25, 0.3) is 0 Å². The molecule has 0 aliphatic rings. The largest absolute Gasteiger partial charge is 0.416 e. The Morgan fingerprint density at radius 3 is 2.62 bits per heavy atom. The van der Waals surface area contributed by atoms with Crippen molar-refractivity contribution in [3.05, 3.63) is 53.9 Å². The lowest BCUT2D eigenvalue weighted by molar-refractivity contribution is -0.137. The van der Waals surface area contributed by atoms with Crippen LogP contribution in [0.15, 0.2) is 42.7 Å². The van der Waals surface area contributed by atoms with Crippen LogP contribution in [0.2, 0.25) is 0 Å². The molecule has 6 heteroatoms. The van der Waals surface area contributed by atoms with Crippen molar-refractivity contribution >= 4 is 11.4 Å². The minimum Gasteiger partial charge on any atom is -0.378 e. The first-order valence-corrected chi connectivity index (χ1v) is 6.39. The molecule has 0 aliphatic carbocycles.